The Morgan fingerprint density at radius 3 is 2.75 bits per heavy atom. The molecule has 0 unspecified atom stereocenters. The van der Waals surface area contributed by atoms with Crippen LogP contribution in [0.25, 0.3) is 11.1 Å². The summed E-state index contributed by atoms with van der Waals surface area (Å²) in [5.41, 5.74) is 3.49. The summed E-state index contributed by atoms with van der Waals surface area (Å²) in [5, 5.41) is 10.6. The number of rotatable bonds is 6. The standard InChI is InChI=1S/C16H24N4/c1-11(2)5-7-17-15-9-13(6-8-18-15)14-10-19-20-16(14)12(3)4/h6,8-12H,5,7H2,1-4H3,(H,17,18)(H,19,20). The molecule has 2 heterocycles. The minimum absolute atomic E-state index is 0.429. The molecular formula is C16H24N4. The highest BCUT2D eigenvalue weighted by Crippen LogP contribution is 2.28. The zero-order valence-electron chi connectivity index (χ0n) is 12.8. The summed E-state index contributed by atoms with van der Waals surface area (Å²) >= 11 is 0. The molecule has 2 rings (SSSR count). The molecular weight excluding hydrogens is 248 g/mol. The molecule has 0 amide bonds. The number of nitrogens with zero attached hydrogens (tertiary/aromatic N) is 2. The van der Waals surface area contributed by atoms with Gasteiger partial charge in [-0.2, -0.15) is 5.10 Å². The molecule has 2 aromatic heterocycles. The molecule has 108 valence electrons. The van der Waals surface area contributed by atoms with Crippen molar-refractivity contribution in [1.82, 2.24) is 15.2 Å². The third-order valence-electron chi connectivity index (χ3n) is 3.34. The Hall–Kier alpha value is -1.84. The van der Waals surface area contributed by atoms with Gasteiger partial charge in [-0.3, -0.25) is 5.10 Å². The van der Waals surface area contributed by atoms with E-state index in [9.17, 15) is 0 Å². The minimum atomic E-state index is 0.429. The van der Waals surface area contributed by atoms with E-state index >= 15 is 0 Å². The van der Waals surface area contributed by atoms with Crippen LogP contribution >= 0.6 is 0 Å². The Kier molecular flexibility index (Phi) is 4.77. The number of pyridine rings is 1. The summed E-state index contributed by atoms with van der Waals surface area (Å²) in [6.45, 7) is 9.74. The van der Waals surface area contributed by atoms with E-state index in [1.807, 2.05) is 18.5 Å². The number of hydrogen-bond acceptors (Lipinski definition) is 3. The third kappa shape index (κ3) is 3.59. The van der Waals surface area contributed by atoms with Crippen LogP contribution in [0.2, 0.25) is 0 Å². The number of aromatic amines is 1. The molecule has 0 aromatic carbocycles. The Morgan fingerprint density at radius 2 is 2.05 bits per heavy atom. The first-order valence-electron chi connectivity index (χ1n) is 7.31. The molecule has 2 aromatic rings. The fraction of sp³-hybridized carbons (Fsp3) is 0.500. The first-order valence-corrected chi connectivity index (χ1v) is 7.31. The van der Waals surface area contributed by atoms with E-state index in [1.165, 1.54) is 5.69 Å². The van der Waals surface area contributed by atoms with Crippen LogP contribution in [0.1, 0.15) is 45.7 Å². The molecule has 0 fully saturated rings. The van der Waals surface area contributed by atoms with Crippen molar-refractivity contribution in [1.29, 1.82) is 0 Å². The van der Waals surface area contributed by atoms with Crippen molar-refractivity contribution in [2.45, 2.75) is 40.0 Å². The molecule has 0 bridgehead atoms. The Morgan fingerprint density at radius 1 is 1.25 bits per heavy atom. The molecule has 0 saturated carbocycles. The molecule has 4 nitrogen and oxygen atoms in total. The van der Waals surface area contributed by atoms with E-state index in [0.717, 1.165) is 29.9 Å². The van der Waals surface area contributed by atoms with Crippen LogP contribution < -0.4 is 5.32 Å². The lowest BCUT2D eigenvalue weighted by Gasteiger charge is -2.10. The van der Waals surface area contributed by atoms with Crippen molar-refractivity contribution in [2.75, 3.05) is 11.9 Å². The molecule has 0 aliphatic rings. The molecule has 0 saturated heterocycles. The van der Waals surface area contributed by atoms with E-state index in [1.54, 1.807) is 0 Å². The first kappa shape index (κ1) is 14.6. The van der Waals surface area contributed by atoms with Crippen LogP contribution in [0.15, 0.2) is 24.5 Å². The van der Waals surface area contributed by atoms with Crippen molar-refractivity contribution >= 4 is 5.82 Å². The van der Waals surface area contributed by atoms with Gasteiger partial charge in [0, 0.05) is 24.0 Å². The van der Waals surface area contributed by atoms with Crippen molar-refractivity contribution in [3.05, 3.63) is 30.2 Å². The highest BCUT2D eigenvalue weighted by atomic mass is 15.1. The molecule has 0 spiro atoms. The summed E-state index contributed by atoms with van der Waals surface area (Å²) in [5.74, 6) is 2.06. The monoisotopic (exact) mass is 272 g/mol. The minimum Gasteiger partial charge on any atom is -0.370 e. The lowest BCUT2D eigenvalue weighted by Crippen LogP contribution is -2.06. The second-order valence-corrected chi connectivity index (χ2v) is 5.89. The van der Waals surface area contributed by atoms with E-state index in [2.05, 4.69) is 54.3 Å². The Bertz CT molecular complexity index is 543. The van der Waals surface area contributed by atoms with Crippen LogP contribution in [0.3, 0.4) is 0 Å². The van der Waals surface area contributed by atoms with Gasteiger partial charge < -0.3 is 5.32 Å². The zero-order valence-corrected chi connectivity index (χ0v) is 12.8. The van der Waals surface area contributed by atoms with Crippen LogP contribution in [0.4, 0.5) is 5.82 Å². The van der Waals surface area contributed by atoms with E-state index in [-0.39, 0.29) is 0 Å². The summed E-state index contributed by atoms with van der Waals surface area (Å²) < 4.78 is 0. The Balaban J connectivity index is 2.15. The zero-order chi connectivity index (χ0) is 14.5. The molecule has 4 heteroatoms. The van der Waals surface area contributed by atoms with Gasteiger partial charge in [0.15, 0.2) is 0 Å². The largest absolute Gasteiger partial charge is 0.370 e. The maximum Gasteiger partial charge on any atom is 0.126 e. The van der Waals surface area contributed by atoms with E-state index in [4.69, 9.17) is 0 Å². The lowest BCUT2D eigenvalue weighted by molar-refractivity contribution is 0.606. The predicted molar refractivity (Wildman–Crippen MR) is 83.9 cm³/mol. The van der Waals surface area contributed by atoms with Crippen molar-refractivity contribution < 1.29 is 0 Å². The van der Waals surface area contributed by atoms with Crippen molar-refractivity contribution in [3.8, 4) is 11.1 Å². The van der Waals surface area contributed by atoms with Gasteiger partial charge in [0.25, 0.3) is 0 Å². The van der Waals surface area contributed by atoms with Gasteiger partial charge >= 0.3 is 0 Å². The second-order valence-electron chi connectivity index (χ2n) is 5.89. The smallest absolute Gasteiger partial charge is 0.126 e. The second kappa shape index (κ2) is 6.55. The van der Waals surface area contributed by atoms with Crippen LogP contribution in [-0.4, -0.2) is 21.7 Å². The van der Waals surface area contributed by atoms with E-state index in [0.29, 0.717) is 11.8 Å². The van der Waals surface area contributed by atoms with Crippen LogP contribution in [0.5, 0.6) is 0 Å². The van der Waals surface area contributed by atoms with Crippen molar-refractivity contribution in [3.63, 3.8) is 0 Å². The maximum absolute atomic E-state index is 4.38. The SMILES string of the molecule is CC(C)CCNc1cc(-c2cn[nH]c2C(C)C)ccn1. The molecule has 0 aliphatic carbocycles. The van der Waals surface area contributed by atoms with Crippen LogP contribution in [0, 0.1) is 5.92 Å². The van der Waals surface area contributed by atoms with Gasteiger partial charge in [0.1, 0.15) is 5.82 Å². The van der Waals surface area contributed by atoms with Gasteiger partial charge in [-0.25, -0.2) is 4.98 Å². The molecule has 20 heavy (non-hydrogen) atoms. The predicted octanol–water partition coefficient (Wildman–Crippen LogP) is 4.05. The Labute approximate surface area is 121 Å². The summed E-state index contributed by atoms with van der Waals surface area (Å²) in [4.78, 5) is 4.38. The molecule has 0 atom stereocenters. The molecule has 0 aliphatic heterocycles. The highest BCUT2D eigenvalue weighted by Gasteiger charge is 2.11. The number of anilines is 1. The van der Waals surface area contributed by atoms with E-state index < -0.39 is 0 Å². The fourth-order valence-electron chi connectivity index (χ4n) is 2.15. The third-order valence-corrected chi connectivity index (χ3v) is 3.34. The topological polar surface area (TPSA) is 53.6 Å². The normalized spacial score (nSPS) is 11.3. The number of nitrogens with one attached hydrogen (secondary N) is 2. The highest BCUT2D eigenvalue weighted by molar-refractivity contribution is 5.68. The van der Waals surface area contributed by atoms with Crippen LogP contribution in [-0.2, 0) is 0 Å². The first-order chi connectivity index (χ1) is 9.58. The summed E-state index contributed by atoms with van der Waals surface area (Å²) in [6.07, 6.45) is 4.89. The van der Waals surface area contributed by atoms with Gasteiger partial charge in [0.05, 0.1) is 6.20 Å². The maximum atomic E-state index is 4.38. The number of H-pyrrole nitrogens is 1. The van der Waals surface area contributed by atoms with Gasteiger partial charge in [-0.1, -0.05) is 27.7 Å². The summed E-state index contributed by atoms with van der Waals surface area (Å²) in [7, 11) is 0. The average molecular weight is 272 g/mol. The molecule has 0 radical (unpaired) electrons. The quantitative estimate of drug-likeness (QED) is 0.834. The van der Waals surface area contributed by atoms with Gasteiger partial charge in [-0.15, -0.1) is 0 Å². The number of aromatic nitrogens is 3. The molecule has 2 N–H and O–H groups in total. The lowest BCUT2D eigenvalue weighted by atomic mass is 10.0. The van der Waals surface area contributed by atoms with Gasteiger partial charge in [0.2, 0.25) is 0 Å². The fourth-order valence-corrected chi connectivity index (χ4v) is 2.15. The number of hydrogen-bond donors (Lipinski definition) is 2. The summed E-state index contributed by atoms with van der Waals surface area (Å²) in [6, 6.07) is 4.13. The van der Waals surface area contributed by atoms with Crippen molar-refractivity contribution in [2.24, 2.45) is 5.92 Å². The average Bonchev–Trinajstić information content (AvgIpc) is 2.88. The van der Waals surface area contributed by atoms with Gasteiger partial charge in [-0.05, 0) is 36.0 Å².